The first-order chi connectivity index (χ1) is 9.67. The number of nitrogens with zero attached hydrogens (tertiary/aromatic N) is 1. The fraction of sp³-hybridized carbons (Fsp3) is 0.222. The van der Waals surface area contributed by atoms with E-state index in [2.05, 4.69) is 67.1 Å². The zero-order valence-electron chi connectivity index (χ0n) is 12.1. The fourth-order valence-electron chi connectivity index (χ4n) is 2.99. The van der Waals surface area contributed by atoms with Gasteiger partial charge in [0.05, 0.1) is 5.52 Å². The van der Waals surface area contributed by atoms with Gasteiger partial charge in [0, 0.05) is 19.3 Å². The Labute approximate surface area is 119 Å². The zero-order chi connectivity index (χ0) is 14.1. The van der Waals surface area contributed by atoms with Crippen LogP contribution in [0.4, 0.5) is 0 Å². The van der Waals surface area contributed by atoms with Crippen molar-refractivity contribution in [2.75, 3.05) is 0 Å². The monoisotopic (exact) mass is 264 g/mol. The minimum atomic E-state index is 0.578. The summed E-state index contributed by atoms with van der Waals surface area (Å²) in [6.07, 6.45) is 2.15. The van der Waals surface area contributed by atoms with Crippen LogP contribution in [0.3, 0.4) is 0 Å². The van der Waals surface area contributed by atoms with Gasteiger partial charge in [0.25, 0.3) is 0 Å². The van der Waals surface area contributed by atoms with Crippen LogP contribution in [0, 0.1) is 13.8 Å². The Hall–Kier alpha value is -2.06. The first kappa shape index (κ1) is 12.9. The molecule has 1 aromatic heterocycles. The summed E-state index contributed by atoms with van der Waals surface area (Å²) in [6.45, 7) is 5.77. The van der Waals surface area contributed by atoms with E-state index in [9.17, 15) is 0 Å². The van der Waals surface area contributed by atoms with Crippen molar-refractivity contribution in [2.24, 2.45) is 5.73 Å². The molecule has 0 unspecified atom stereocenters. The molecule has 0 aliphatic rings. The summed E-state index contributed by atoms with van der Waals surface area (Å²) in [5.41, 5.74) is 12.3. The summed E-state index contributed by atoms with van der Waals surface area (Å²) in [7, 11) is 0. The summed E-state index contributed by atoms with van der Waals surface area (Å²) >= 11 is 0. The lowest BCUT2D eigenvalue weighted by atomic mass is 10.1. The Morgan fingerprint density at radius 1 is 1.00 bits per heavy atom. The van der Waals surface area contributed by atoms with E-state index in [0.717, 1.165) is 6.54 Å². The number of hydrogen-bond acceptors (Lipinski definition) is 1. The maximum atomic E-state index is 5.87. The topological polar surface area (TPSA) is 30.9 Å². The predicted molar refractivity (Wildman–Crippen MR) is 84.8 cm³/mol. The van der Waals surface area contributed by atoms with E-state index < -0.39 is 0 Å². The minimum absolute atomic E-state index is 0.578. The highest BCUT2D eigenvalue weighted by Crippen LogP contribution is 2.22. The molecule has 0 saturated heterocycles. The smallest absolute Gasteiger partial charge is 0.0528 e. The molecule has 2 aromatic carbocycles. The van der Waals surface area contributed by atoms with Gasteiger partial charge in [-0.1, -0.05) is 47.5 Å². The van der Waals surface area contributed by atoms with E-state index in [1.165, 1.54) is 33.2 Å². The normalized spacial score (nSPS) is 11.2. The number of hydrogen-bond donors (Lipinski definition) is 1. The van der Waals surface area contributed by atoms with E-state index >= 15 is 0 Å². The molecule has 3 aromatic rings. The number of rotatable bonds is 3. The van der Waals surface area contributed by atoms with Gasteiger partial charge >= 0.3 is 0 Å². The van der Waals surface area contributed by atoms with E-state index in [0.29, 0.717) is 6.54 Å². The Bertz CT molecular complexity index is 733. The molecule has 0 atom stereocenters. The highest BCUT2D eigenvalue weighted by atomic mass is 15.0. The van der Waals surface area contributed by atoms with Gasteiger partial charge in [0.15, 0.2) is 0 Å². The van der Waals surface area contributed by atoms with Gasteiger partial charge in [0.1, 0.15) is 0 Å². The van der Waals surface area contributed by atoms with Crippen molar-refractivity contribution in [1.29, 1.82) is 0 Å². The Morgan fingerprint density at radius 2 is 1.75 bits per heavy atom. The summed E-state index contributed by atoms with van der Waals surface area (Å²) in [5.74, 6) is 0. The number of para-hydroxylation sites is 1. The average Bonchev–Trinajstić information content (AvgIpc) is 2.81. The molecule has 0 radical (unpaired) electrons. The first-order valence-corrected chi connectivity index (χ1v) is 7.01. The van der Waals surface area contributed by atoms with Crippen molar-refractivity contribution in [3.63, 3.8) is 0 Å². The van der Waals surface area contributed by atoms with Crippen LogP contribution >= 0.6 is 0 Å². The van der Waals surface area contributed by atoms with Crippen molar-refractivity contribution in [2.45, 2.75) is 26.9 Å². The largest absolute Gasteiger partial charge is 0.343 e. The maximum absolute atomic E-state index is 5.87. The van der Waals surface area contributed by atoms with E-state index in [-0.39, 0.29) is 0 Å². The van der Waals surface area contributed by atoms with E-state index in [4.69, 9.17) is 5.73 Å². The molecule has 0 bridgehead atoms. The van der Waals surface area contributed by atoms with Gasteiger partial charge in [-0.05, 0) is 36.4 Å². The SMILES string of the molecule is Cc1cc(C)cc(Cn2ccc3cccc(CN)c32)c1. The minimum Gasteiger partial charge on any atom is -0.343 e. The molecular weight excluding hydrogens is 244 g/mol. The van der Waals surface area contributed by atoms with Crippen LogP contribution in [0.15, 0.2) is 48.7 Å². The zero-order valence-corrected chi connectivity index (χ0v) is 12.1. The van der Waals surface area contributed by atoms with Gasteiger partial charge in [-0.25, -0.2) is 0 Å². The van der Waals surface area contributed by atoms with E-state index in [1.54, 1.807) is 0 Å². The van der Waals surface area contributed by atoms with Crippen LogP contribution in [0.1, 0.15) is 22.3 Å². The lowest BCUT2D eigenvalue weighted by Gasteiger charge is -2.10. The van der Waals surface area contributed by atoms with Gasteiger partial charge in [0.2, 0.25) is 0 Å². The molecule has 0 saturated carbocycles. The molecule has 0 aliphatic heterocycles. The van der Waals surface area contributed by atoms with Crippen LogP contribution in [-0.2, 0) is 13.1 Å². The third-order valence-electron chi connectivity index (χ3n) is 3.73. The van der Waals surface area contributed by atoms with Crippen LogP contribution < -0.4 is 5.73 Å². The highest BCUT2D eigenvalue weighted by Gasteiger charge is 2.06. The summed E-state index contributed by atoms with van der Waals surface area (Å²) < 4.78 is 2.30. The second-order valence-corrected chi connectivity index (χ2v) is 5.50. The van der Waals surface area contributed by atoms with Crippen molar-refractivity contribution in [1.82, 2.24) is 4.57 Å². The molecule has 2 N–H and O–H groups in total. The Balaban J connectivity index is 2.06. The van der Waals surface area contributed by atoms with Crippen molar-refractivity contribution >= 4 is 10.9 Å². The van der Waals surface area contributed by atoms with Crippen molar-refractivity contribution in [3.8, 4) is 0 Å². The number of fused-ring (bicyclic) bond motifs is 1. The van der Waals surface area contributed by atoms with E-state index in [1.807, 2.05) is 0 Å². The molecule has 20 heavy (non-hydrogen) atoms. The fourth-order valence-corrected chi connectivity index (χ4v) is 2.99. The molecular formula is C18H20N2. The molecule has 3 rings (SSSR count). The Morgan fingerprint density at radius 3 is 2.45 bits per heavy atom. The van der Waals surface area contributed by atoms with Crippen molar-refractivity contribution < 1.29 is 0 Å². The van der Waals surface area contributed by atoms with Gasteiger partial charge in [-0.3, -0.25) is 0 Å². The van der Waals surface area contributed by atoms with Crippen LogP contribution in [0.5, 0.6) is 0 Å². The van der Waals surface area contributed by atoms with Crippen LogP contribution in [0.2, 0.25) is 0 Å². The van der Waals surface area contributed by atoms with Crippen LogP contribution in [0.25, 0.3) is 10.9 Å². The third kappa shape index (κ3) is 2.35. The molecule has 1 heterocycles. The lowest BCUT2D eigenvalue weighted by molar-refractivity contribution is 0.828. The van der Waals surface area contributed by atoms with Gasteiger partial charge in [-0.15, -0.1) is 0 Å². The van der Waals surface area contributed by atoms with Gasteiger partial charge < -0.3 is 10.3 Å². The molecule has 0 aliphatic carbocycles. The third-order valence-corrected chi connectivity index (χ3v) is 3.73. The first-order valence-electron chi connectivity index (χ1n) is 7.01. The highest BCUT2D eigenvalue weighted by molar-refractivity contribution is 5.83. The second kappa shape index (κ2) is 5.14. The summed E-state index contributed by atoms with van der Waals surface area (Å²) in [6, 6.07) is 15.2. The molecule has 0 fully saturated rings. The second-order valence-electron chi connectivity index (χ2n) is 5.50. The molecule has 0 amide bonds. The molecule has 2 nitrogen and oxygen atoms in total. The van der Waals surface area contributed by atoms with Crippen molar-refractivity contribution in [3.05, 3.63) is 70.9 Å². The summed E-state index contributed by atoms with van der Waals surface area (Å²) in [5, 5.41) is 1.26. The number of aromatic nitrogens is 1. The predicted octanol–water partition coefficient (Wildman–Crippen LogP) is 3.77. The van der Waals surface area contributed by atoms with Crippen LogP contribution in [-0.4, -0.2) is 4.57 Å². The average molecular weight is 264 g/mol. The number of benzene rings is 2. The molecule has 2 heteroatoms. The lowest BCUT2D eigenvalue weighted by Crippen LogP contribution is -2.03. The molecule has 102 valence electrons. The quantitative estimate of drug-likeness (QED) is 0.767. The maximum Gasteiger partial charge on any atom is 0.0528 e. The number of nitrogens with two attached hydrogens (primary N) is 1. The van der Waals surface area contributed by atoms with Gasteiger partial charge in [-0.2, -0.15) is 0 Å². The molecule has 0 spiro atoms. The Kier molecular flexibility index (Phi) is 3.33. The number of aryl methyl sites for hydroxylation is 2. The standard InChI is InChI=1S/C18H20N2/c1-13-8-14(2)10-15(9-13)12-20-7-6-16-4-3-5-17(11-19)18(16)20/h3-10H,11-12,19H2,1-2H3. The summed E-state index contributed by atoms with van der Waals surface area (Å²) in [4.78, 5) is 0.